The molecule has 5 nitrogen and oxygen atoms in total. The van der Waals surface area contributed by atoms with E-state index in [-0.39, 0.29) is 27.8 Å². The number of carbonyl (C=O) groups excluding carboxylic acids is 1. The average molecular weight is 247 g/mol. The van der Waals surface area contributed by atoms with Crippen LogP contribution in [0.5, 0.6) is 17.2 Å². The molecule has 0 aromatic heterocycles. The molecule has 0 aliphatic heterocycles. The third kappa shape index (κ3) is 1.99. The fraction of sp³-hybridized carbons (Fsp3) is 0.300. The number of aromatic hydroxyl groups is 1. The molecule has 0 amide bonds. The minimum atomic E-state index is -0.651. The summed E-state index contributed by atoms with van der Waals surface area (Å²) in [6, 6.07) is 1.34. The van der Waals surface area contributed by atoms with Gasteiger partial charge in [-0.25, -0.2) is 4.79 Å². The van der Waals surface area contributed by atoms with E-state index in [0.717, 1.165) is 0 Å². The van der Waals surface area contributed by atoms with E-state index in [2.05, 4.69) is 4.74 Å². The van der Waals surface area contributed by atoms with Gasteiger partial charge in [0.1, 0.15) is 16.3 Å². The normalized spacial score (nSPS) is 9.75. The molecule has 1 N–H and O–H groups in total. The second-order valence-electron chi connectivity index (χ2n) is 2.81. The molecule has 16 heavy (non-hydrogen) atoms. The number of phenols is 1. The van der Waals surface area contributed by atoms with Crippen LogP contribution >= 0.6 is 11.6 Å². The number of rotatable bonds is 3. The Morgan fingerprint density at radius 2 is 1.94 bits per heavy atom. The van der Waals surface area contributed by atoms with Crippen molar-refractivity contribution in [3.8, 4) is 17.2 Å². The Morgan fingerprint density at radius 1 is 1.31 bits per heavy atom. The van der Waals surface area contributed by atoms with Crippen LogP contribution in [0.25, 0.3) is 0 Å². The molecule has 0 unspecified atom stereocenters. The monoisotopic (exact) mass is 246 g/mol. The number of benzene rings is 1. The number of esters is 1. The molecule has 0 atom stereocenters. The lowest BCUT2D eigenvalue weighted by Gasteiger charge is -2.12. The molecule has 1 aromatic rings. The summed E-state index contributed by atoms with van der Waals surface area (Å²) in [4.78, 5) is 11.4. The van der Waals surface area contributed by atoms with Crippen LogP contribution < -0.4 is 9.47 Å². The Morgan fingerprint density at radius 3 is 2.38 bits per heavy atom. The van der Waals surface area contributed by atoms with E-state index in [0.29, 0.717) is 0 Å². The number of phenolic OH excluding ortho intramolecular Hbond substituents is 1. The van der Waals surface area contributed by atoms with Crippen LogP contribution in [-0.2, 0) is 4.74 Å². The number of halogens is 1. The van der Waals surface area contributed by atoms with Crippen LogP contribution in [0.3, 0.4) is 0 Å². The SMILES string of the molecule is COC(=O)c1cc(OC)c(Cl)c(O)c1OC. The Kier molecular flexibility index (Phi) is 3.84. The van der Waals surface area contributed by atoms with Gasteiger partial charge in [0.15, 0.2) is 11.5 Å². The van der Waals surface area contributed by atoms with Gasteiger partial charge in [0.05, 0.1) is 21.3 Å². The molecule has 1 aromatic carbocycles. The zero-order chi connectivity index (χ0) is 12.3. The van der Waals surface area contributed by atoms with E-state index in [1.54, 1.807) is 0 Å². The summed E-state index contributed by atoms with van der Waals surface area (Å²) in [6.45, 7) is 0. The van der Waals surface area contributed by atoms with Crippen LogP contribution in [0.2, 0.25) is 5.02 Å². The van der Waals surface area contributed by atoms with Crippen molar-refractivity contribution in [2.24, 2.45) is 0 Å². The fourth-order valence-electron chi connectivity index (χ4n) is 1.22. The maximum absolute atomic E-state index is 11.4. The van der Waals surface area contributed by atoms with E-state index in [4.69, 9.17) is 21.1 Å². The van der Waals surface area contributed by atoms with Crippen LogP contribution in [0.1, 0.15) is 10.4 Å². The zero-order valence-corrected chi connectivity index (χ0v) is 9.79. The first-order chi connectivity index (χ1) is 7.56. The summed E-state index contributed by atoms with van der Waals surface area (Å²) in [5.41, 5.74) is 0.0451. The van der Waals surface area contributed by atoms with Gasteiger partial charge in [0.2, 0.25) is 0 Å². The highest BCUT2D eigenvalue weighted by atomic mass is 35.5. The summed E-state index contributed by atoms with van der Waals surface area (Å²) >= 11 is 5.79. The topological polar surface area (TPSA) is 65.0 Å². The molecule has 0 radical (unpaired) electrons. The molecule has 1 rings (SSSR count). The summed E-state index contributed by atoms with van der Waals surface area (Å²) < 4.78 is 14.3. The number of hydrogen-bond donors (Lipinski definition) is 1. The first-order valence-corrected chi connectivity index (χ1v) is 4.66. The van der Waals surface area contributed by atoms with Gasteiger partial charge < -0.3 is 19.3 Å². The predicted octanol–water partition coefficient (Wildman–Crippen LogP) is 1.85. The van der Waals surface area contributed by atoms with Gasteiger partial charge in [-0.05, 0) is 0 Å². The van der Waals surface area contributed by atoms with E-state index in [9.17, 15) is 9.90 Å². The average Bonchev–Trinajstić information content (AvgIpc) is 2.31. The van der Waals surface area contributed by atoms with Gasteiger partial charge in [0.25, 0.3) is 0 Å². The minimum Gasteiger partial charge on any atom is -0.503 e. The molecule has 0 spiro atoms. The standard InChI is InChI=1S/C10H11ClO5/c1-14-6-4-5(10(13)16-3)9(15-2)8(12)7(6)11/h4,12H,1-3H3. The molecule has 0 saturated heterocycles. The van der Waals surface area contributed by atoms with E-state index in [1.807, 2.05) is 0 Å². The van der Waals surface area contributed by atoms with Crippen LogP contribution in [0.15, 0.2) is 6.07 Å². The lowest BCUT2D eigenvalue weighted by atomic mass is 10.1. The minimum absolute atomic E-state index is 0.0213. The van der Waals surface area contributed by atoms with Gasteiger partial charge in [0, 0.05) is 6.07 Å². The van der Waals surface area contributed by atoms with Gasteiger partial charge >= 0.3 is 5.97 Å². The van der Waals surface area contributed by atoms with Crippen LogP contribution in [0, 0.1) is 0 Å². The zero-order valence-electron chi connectivity index (χ0n) is 9.04. The van der Waals surface area contributed by atoms with Gasteiger partial charge in [-0.3, -0.25) is 0 Å². The van der Waals surface area contributed by atoms with Gasteiger partial charge in [-0.15, -0.1) is 0 Å². The number of ether oxygens (including phenoxy) is 3. The van der Waals surface area contributed by atoms with Gasteiger partial charge in [-0.1, -0.05) is 11.6 Å². The highest BCUT2D eigenvalue weighted by Crippen LogP contribution is 2.43. The lowest BCUT2D eigenvalue weighted by molar-refractivity contribution is 0.0596. The number of carbonyl (C=O) groups is 1. The van der Waals surface area contributed by atoms with E-state index in [1.165, 1.54) is 27.4 Å². The third-order valence-corrected chi connectivity index (χ3v) is 2.35. The molecule has 0 saturated carbocycles. The summed E-state index contributed by atoms with van der Waals surface area (Å²) in [5, 5.41) is 9.67. The van der Waals surface area contributed by atoms with E-state index >= 15 is 0 Å². The molecule has 0 aliphatic carbocycles. The van der Waals surface area contributed by atoms with Crippen molar-refractivity contribution in [3.05, 3.63) is 16.7 Å². The third-order valence-electron chi connectivity index (χ3n) is 1.99. The van der Waals surface area contributed by atoms with E-state index < -0.39 is 5.97 Å². The van der Waals surface area contributed by atoms with Crippen molar-refractivity contribution in [3.63, 3.8) is 0 Å². The maximum atomic E-state index is 11.4. The molecule has 0 aliphatic rings. The van der Waals surface area contributed by atoms with Crippen LogP contribution in [-0.4, -0.2) is 32.4 Å². The van der Waals surface area contributed by atoms with Crippen molar-refractivity contribution in [1.82, 2.24) is 0 Å². The van der Waals surface area contributed by atoms with Crippen LogP contribution in [0.4, 0.5) is 0 Å². The Labute approximate surface area is 97.5 Å². The summed E-state index contributed by atoms with van der Waals surface area (Å²) in [6.07, 6.45) is 0. The number of hydrogen-bond acceptors (Lipinski definition) is 5. The highest BCUT2D eigenvalue weighted by molar-refractivity contribution is 6.34. The Hall–Kier alpha value is -1.62. The summed E-state index contributed by atoms with van der Waals surface area (Å²) in [5.74, 6) is -0.885. The first-order valence-electron chi connectivity index (χ1n) is 4.28. The quantitative estimate of drug-likeness (QED) is 0.825. The maximum Gasteiger partial charge on any atom is 0.341 e. The molecular formula is C10H11ClO5. The molecule has 0 heterocycles. The van der Waals surface area contributed by atoms with Gasteiger partial charge in [-0.2, -0.15) is 0 Å². The summed E-state index contributed by atoms with van der Waals surface area (Å²) in [7, 11) is 3.90. The molecule has 0 bridgehead atoms. The lowest BCUT2D eigenvalue weighted by Crippen LogP contribution is -2.05. The molecule has 6 heteroatoms. The second kappa shape index (κ2) is 4.94. The first kappa shape index (κ1) is 12.4. The number of methoxy groups -OCH3 is 3. The highest BCUT2D eigenvalue weighted by Gasteiger charge is 2.22. The molecule has 0 fully saturated rings. The van der Waals surface area contributed by atoms with Crippen molar-refractivity contribution in [2.45, 2.75) is 0 Å². The molecule has 88 valence electrons. The van der Waals surface area contributed by atoms with Crippen molar-refractivity contribution in [1.29, 1.82) is 0 Å². The van der Waals surface area contributed by atoms with Crippen molar-refractivity contribution >= 4 is 17.6 Å². The fourth-order valence-corrected chi connectivity index (χ4v) is 1.44. The van der Waals surface area contributed by atoms with Crippen molar-refractivity contribution in [2.75, 3.05) is 21.3 Å². The van der Waals surface area contributed by atoms with Crippen molar-refractivity contribution < 1.29 is 24.1 Å². The second-order valence-corrected chi connectivity index (χ2v) is 3.19. The Bertz CT molecular complexity index is 416. The smallest absolute Gasteiger partial charge is 0.341 e. The predicted molar refractivity (Wildman–Crippen MR) is 57.6 cm³/mol. The largest absolute Gasteiger partial charge is 0.503 e. The Balaban J connectivity index is 3.47. The molecular weight excluding hydrogens is 236 g/mol.